The molecule has 1 aliphatic rings. The molecule has 1 atom stereocenters. The monoisotopic (exact) mass is 275 g/mol. The third-order valence-corrected chi connectivity index (χ3v) is 3.62. The van der Waals surface area contributed by atoms with E-state index >= 15 is 0 Å². The van der Waals surface area contributed by atoms with Crippen molar-refractivity contribution >= 4 is 17.6 Å². The van der Waals surface area contributed by atoms with Crippen LogP contribution in [0.4, 0.5) is 5.69 Å². The van der Waals surface area contributed by atoms with E-state index in [1.165, 1.54) is 5.56 Å². The second-order valence-corrected chi connectivity index (χ2v) is 5.40. The number of amides is 1. The van der Waals surface area contributed by atoms with Crippen LogP contribution in [0.5, 0.6) is 0 Å². The maximum atomic E-state index is 12.0. The SMILES string of the molecule is CCOC(=O)[C@@H]1CC(=O)N(c2ccc(C(C)C)cc2)C1. The van der Waals surface area contributed by atoms with Gasteiger partial charge >= 0.3 is 5.97 Å². The van der Waals surface area contributed by atoms with Crippen molar-refractivity contribution in [3.63, 3.8) is 0 Å². The molecular formula is C16H21NO3. The van der Waals surface area contributed by atoms with Crippen LogP contribution in [0.2, 0.25) is 0 Å². The van der Waals surface area contributed by atoms with Crippen molar-refractivity contribution in [2.75, 3.05) is 18.1 Å². The van der Waals surface area contributed by atoms with Crippen LogP contribution >= 0.6 is 0 Å². The molecule has 0 radical (unpaired) electrons. The zero-order chi connectivity index (χ0) is 14.7. The van der Waals surface area contributed by atoms with E-state index < -0.39 is 0 Å². The first-order chi connectivity index (χ1) is 9.52. The van der Waals surface area contributed by atoms with Gasteiger partial charge in [0, 0.05) is 18.7 Å². The van der Waals surface area contributed by atoms with Gasteiger partial charge in [0.2, 0.25) is 5.91 Å². The molecule has 0 unspecified atom stereocenters. The van der Waals surface area contributed by atoms with Gasteiger partial charge in [0.15, 0.2) is 0 Å². The van der Waals surface area contributed by atoms with E-state index in [4.69, 9.17) is 4.74 Å². The Kier molecular flexibility index (Phi) is 4.42. The van der Waals surface area contributed by atoms with E-state index in [0.29, 0.717) is 19.1 Å². The summed E-state index contributed by atoms with van der Waals surface area (Å²) in [5, 5.41) is 0. The summed E-state index contributed by atoms with van der Waals surface area (Å²) in [6.45, 7) is 6.81. The molecule has 1 aromatic rings. The first-order valence-corrected chi connectivity index (χ1v) is 7.10. The molecule has 1 aromatic carbocycles. The molecular weight excluding hydrogens is 254 g/mol. The van der Waals surface area contributed by atoms with Crippen molar-refractivity contribution in [3.05, 3.63) is 29.8 Å². The molecule has 1 saturated heterocycles. The average molecular weight is 275 g/mol. The van der Waals surface area contributed by atoms with Crippen molar-refractivity contribution in [2.45, 2.75) is 33.1 Å². The minimum absolute atomic E-state index is 0.0136. The third-order valence-electron chi connectivity index (χ3n) is 3.62. The molecule has 2 rings (SSSR count). The van der Waals surface area contributed by atoms with Gasteiger partial charge in [-0.2, -0.15) is 0 Å². The van der Waals surface area contributed by atoms with Gasteiger partial charge in [0.05, 0.1) is 12.5 Å². The van der Waals surface area contributed by atoms with Crippen LogP contribution in [-0.2, 0) is 14.3 Å². The maximum Gasteiger partial charge on any atom is 0.311 e. The summed E-state index contributed by atoms with van der Waals surface area (Å²) < 4.78 is 4.99. The Labute approximate surface area is 119 Å². The molecule has 20 heavy (non-hydrogen) atoms. The number of carbonyl (C=O) groups is 2. The number of esters is 1. The molecule has 4 heteroatoms. The van der Waals surface area contributed by atoms with Crippen LogP contribution in [0.3, 0.4) is 0 Å². The van der Waals surface area contributed by atoms with Gasteiger partial charge in [-0.1, -0.05) is 26.0 Å². The van der Waals surface area contributed by atoms with Gasteiger partial charge < -0.3 is 9.64 Å². The van der Waals surface area contributed by atoms with Gasteiger partial charge in [0.1, 0.15) is 0 Å². The number of benzene rings is 1. The van der Waals surface area contributed by atoms with Crippen molar-refractivity contribution in [1.29, 1.82) is 0 Å². The van der Waals surface area contributed by atoms with Crippen molar-refractivity contribution < 1.29 is 14.3 Å². The Morgan fingerprint density at radius 3 is 2.55 bits per heavy atom. The van der Waals surface area contributed by atoms with Gasteiger partial charge in [-0.15, -0.1) is 0 Å². The van der Waals surface area contributed by atoms with Gasteiger partial charge in [0.25, 0.3) is 0 Å². The summed E-state index contributed by atoms with van der Waals surface area (Å²) in [4.78, 5) is 25.4. The van der Waals surface area contributed by atoms with Crippen molar-refractivity contribution in [3.8, 4) is 0 Å². The number of ether oxygens (including phenoxy) is 1. The molecule has 1 amide bonds. The van der Waals surface area contributed by atoms with Crippen molar-refractivity contribution in [2.24, 2.45) is 5.92 Å². The molecule has 0 spiro atoms. The number of nitrogens with zero attached hydrogens (tertiary/aromatic N) is 1. The normalized spacial score (nSPS) is 18.7. The van der Waals surface area contributed by atoms with Crippen LogP contribution < -0.4 is 4.90 Å². The molecule has 0 bridgehead atoms. The Morgan fingerprint density at radius 1 is 1.35 bits per heavy atom. The van der Waals surface area contributed by atoms with E-state index in [9.17, 15) is 9.59 Å². The average Bonchev–Trinajstić information content (AvgIpc) is 2.81. The van der Waals surface area contributed by atoms with E-state index in [2.05, 4.69) is 13.8 Å². The predicted molar refractivity (Wildman–Crippen MR) is 77.6 cm³/mol. The van der Waals surface area contributed by atoms with Crippen LogP contribution in [0, 0.1) is 5.92 Å². The first-order valence-electron chi connectivity index (χ1n) is 7.10. The van der Waals surface area contributed by atoms with Gasteiger partial charge in [-0.05, 0) is 30.5 Å². The largest absolute Gasteiger partial charge is 0.466 e. The molecule has 1 heterocycles. The third kappa shape index (κ3) is 3.00. The second-order valence-electron chi connectivity index (χ2n) is 5.40. The van der Waals surface area contributed by atoms with E-state index in [0.717, 1.165) is 5.69 Å². The van der Waals surface area contributed by atoms with Gasteiger partial charge in [-0.25, -0.2) is 0 Å². The number of anilines is 1. The molecule has 0 aliphatic carbocycles. The van der Waals surface area contributed by atoms with Crippen LogP contribution in [-0.4, -0.2) is 25.0 Å². The minimum Gasteiger partial charge on any atom is -0.466 e. The van der Waals surface area contributed by atoms with E-state index in [1.807, 2.05) is 24.3 Å². The Morgan fingerprint density at radius 2 is 2.00 bits per heavy atom. The fraction of sp³-hybridized carbons (Fsp3) is 0.500. The van der Waals surface area contributed by atoms with Crippen molar-refractivity contribution in [1.82, 2.24) is 0 Å². The summed E-state index contributed by atoms with van der Waals surface area (Å²) in [7, 11) is 0. The minimum atomic E-state index is -0.341. The lowest BCUT2D eigenvalue weighted by atomic mass is 10.0. The lowest BCUT2D eigenvalue weighted by Gasteiger charge is -2.17. The molecule has 0 aromatic heterocycles. The summed E-state index contributed by atoms with van der Waals surface area (Å²) in [5.74, 6) is -0.166. The maximum absolute atomic E-state index is 12.0. The summed E-state index contributed by atoms with van der Waals surface area (Å²) in [5.41, 5.74) is 2.09. The number of hydrogen-bond acceptors (Lipinski definition) is 3. The lowest BCUT2D eigenvalue weighted by molar-refractivity contribution is -0.147. The zero-order valence-electron chi connectivity index (χ0n) is 12.3. The summed E-state index contributed by atoms with van der Waals surface area (Å²) in [6.07, 6.45) is 0.241. The smallest absolute Gasteiger partial charge is 0.311 e. The Hall–Kier alpha value is -1.84. The molecule has 0 N–H and O–H groups in total. The lowest BCUT2D eigenvalue weighted by Crippen LogP contribution is -2.26. The molecule has 4 nitrogen and oxygen atoms in total. The fourth-order valence-corrected chi connectivity index (χ4v) is 2.41. The highest BCUT2D eigenvalue weighted by Crippen LogP contribution is 2.27. The first kappa shape index (κ1) is 14.6. The highest BCUT2D eigenvalue weighted by atomic mass is 16.5. The Bertz CT molecular complexity index is 493. The standard InChI is InChI=1S/C16H21NO3/c1-4-20-16(19)13-9-15(18)17(10-13)14-7-5-12(6-8-14)11(2)3/h5-8,11,13H,4,9-10H2,1-3H3/t13-/m1/s1. The van der Waals surface area contributed by atoms with E-state index in [-0.39, 0.29) is 24.2 Å². The molecule has 1 aliphatic heterocycles. The number of carbonyl (C=O) groups excluding carboxylic acids is 2. The molecule has 108 valence electrons. The fourth-order valence-electron chi connectivity index (χ4n) is 2.41. The molecule has 1 fully saturated rings. The highest BCUT2D eigenvalue weighted by Gasteiger charge is 2.35. The summed E-state index contributed by atoms with van der Waals surface area (Å²) >= 11 is 0. The van der Waals surface area contributed by atoms with Gasteiger partial charge in [-0.3, -0.25) is 9.59 Å². The predicted octanol–water partition coefficient (Wildman–Crippen LogP) is 2.73. The van der Waals surface area contributed by atoms with Crippen LogP contribution in [0.25, 0.3) is 0 Å². The quantitative estimate of drug-likeness (QED) is 0.794. The summed E-state index contributed by atoms with van der Waals surface area (Å²) in [6, 6.07) is 7.96. The number of rotatable bonds is 4. The van der Waals surface area contributed by atoms with Crippen LogP contribution in [0.15, 0.2) is 24.3 Å². The van der Waals surface area contributed by atoms with E-state index in [1.54, 1.807) is 11.8 Å². The zero-order valence-corrected chi connectivity index (χ0v) is 12.3. The topological polar surface area (TPSA) is 46.6 Å². The number of hydrogen-bond donors (Lipinski definition) is 0. The molecule has 0 saturated carbocycles. The second kappa shape index (κ2) is 6.07. The highest BCUT2D eigenvalue weighted by molar-refractivity contribution is 5.99. The Balaban J connectivity index is 2.09. The van der Waals surface area contributed by atoms with Crippen LogP contribution in [0.1, 0.15) is 38.7 Å².